The molecule has 8 heteroatoms. The summed E-state index contributed by atoms with van der Waals surface area (Å²) in [5.74, 6) is 1.54. The number of nitrogens with one attached hydrogen (secondary N) is 1. The predicted octanol–water partition coefficient (Wildman–Crippen LogP) is 4.59. The number of aryl methyl sites for hydroxylation is 1. The summed E-state index contributed by atoms with van der Waals surface area (Å²) in [7, 11) is 1.61. The van der Waals surface area contributed by atoms with Gasteiger partial charge in [0.15, 0.2) is 5.69 Å². The van der Waals surface area contributed by atoms with Crippen LogP contribution in [0.5, 0.6) is 17.4 Å². The van der Waals surface area contributed by atoms with Crippen molar-refractivity contribution in [3.8, 4) is 23.1 Å². The topological polar surface area (TPSA) is 91.2 Å². The minimum absolute atomic E-state index is 0.234. The van der Waals surface area contributed by atoms with Gasteiger partial charge in [-0.15, -0.1) is 5.10 Å². The molecular weight excluding hydrogens is 406 g/mol. The molecule has 1 amide bonds. The van der Waals surface area contributed by atoms with Gasteiger partial charge in [0.05, 0.1) is 30.4 Å². The van der Waals surface area contributed by atoms with E-state index in [0.29, 0.717) is 17.3 Å². The van der Waals surface area contributed by atoms with Gasteiger partial charge in [-0.3, -0.25) is 4.79 Å². The number of rotatable bonds is 7. The van der Waals surface area contributed by atoms with Gasteiger partial charge in [-0.2, -0.15) is 0 Å². The fourth-order valence-electron chi connectivity index (χ4n) is 3.16. The molecule has 4 aromatic rings. The molecule has 0 saturated heterocycles. The molecule has 2 aromatic heterocycles. The molecule has 0 saturated carbocycles. The highest BCUT2D eigenvalue weighted by Gasteiger charge is 2.18. The first-order valence-electron chi connectivity index (χ1n) is 10.2. The van der Waals surface area contributed by atoms with Crippen LogP contribution in [0.2, 0.25) is 0 Å². The number of pyridine rings is 1. The second-order valence-corrected chi connectivity index (χ2v) is 7.08. The van der Waals surface area contributed by atoms with E-state index in [1.807, 2.05) is 48.5 Å². The Labute approximate surface area is 185 Å². The number of aromatic nitrogens is 4. The molecule has 0 bridgehead atoms. The highest BCUT2D eigenvalue weighted by atomic mass is 16.5. The van der Waals surface area contributed by atoms with Crippen LogP contribution < -0.4 is 14.8 Å². The average molecular weight is 429 g/mol. The summed E-state index contributed by atoms with van der Waals surface area (Å²) in [6.45, 7) is 3.88. The zero-order valence-electron chi connectivity index (χ0n) is 18.1. The number of ether oxygens (including phenoxy) is 2. The number of carbonyl (C=O) groups excluding carboxylic acids is 1. The second kappa shape index (κ2) is 9.30. The van der Waals surface area contributed by atoms with E-state index in [9.17, 15) is 4.79 Å². The van der Waals surface area contributed by atoms with Crippen molar-refractivity contribution < 1.29 is 14.3 Å². The quantitative estimate of drug-likeness (QED) is 0.462. The molecule has 2 heterocycles. The van der Waals surface area contributed by atoms with E-state index >= 15 is 0 Å². The lowest BCUT2D eigenvalue weighted by Gasteiger charge is -2.08. The van der Waals surface area contributed by atoms with Crippen molar-refractivity contribution in [2.75, 3.05) is 12.4 Å². The molecule has 0 aliphatic carbocycles. The van der Waals surface area contributed by atoms with Gasteiger partial charge in [0, 0.05) is 6.07 Å². The number of methoxy groups -OCH3 is 1. The molecule has 0 aliphatic heterocycles. The number of hydrogen-bond donors (Lipinski definition) is 1. The van der Waals surface area contributed by atoms with Gasteiger partial charge >= 0.3 is 0 Å². The van der Waals surface area contributed by atoms with Crippen molar-refractivity contribution in [1.82, 2.24) is 20.0 Å². The fourth-order valence-corrected chi connectivity index (χ4v) is 3.16. The fraction of sp³-hybridized carbons (Fsp3) is 0.167. The van der Waals surface area contributed by atoms with Crippen LogP contribution in [0.4, 0.5) is 5.69 Å². The first kappa shape index (κ1) is 21.0. The maximum absolute atomic E-state index is 12.7. The predicted molar refractivity (Wildman–Crippen MR) is 121 cm³/mol. The van der Waals surface area contributed by atoms with Crippen LogP contribution in [0, 0.1) is 6.92 Å². The zero-order valence-corrected chi connectivity index (χ0v) is 18.1. The molecule has 1 N–H and O–H groups in total. The van der Waals surface area contributed by atoms with Crippen LogP contribution in [0.3, 0.4) is 0 Å². The average Bonchev–Trinajstić information content (AvgIpc) is 3.22. The summed E-state index contributed by atoms with van der Waals surface area (Å²) in [6, 6.07) is 18.6. The van der Waals surface area contributed by atoms with E-state index in [0.717, 1.165) is 23.6 Å². The molecule has 0 fully saturated rings. The summed E-state index contributed by atoms with van der Waals surface area (Å²) in [4.78, 5) is 17.0. The number of hydrogen-bond acceptors (Lipinski definition) is 6. The minimum atomic E-state index is -0.367. The van der Waals surface area contributed by atoms with E-state index in [1.165, 1.54) is 5.56 Å². The van der Waals surface area contributed by atoms with Crippen LogP contribution in [0.25, 0.3) is 5.69 Å². The number of carbonyl (C=O) groups is 1. The van der Waals surface area contributed by atoms with E-state index in [-0.39, 0.29) is 11.6 Å². The maximum atomic E-state index is 12.7. The largest absolute Gasteiger partial charge is 0.497 e. The Kier molecular flexibility index (Phi) is 6.12. The molecule has 0 atom stereocenters. The first-order chi connectivity index (χ1) is 15.6. The Hall–Kier alpha value is -4.20. The number of amides is 1. The summed E-state index contributed by atoms with van der Waals surface area (Å²) >= 11 is 0. The monoisotopic (exact) mass is 429 g/mol. The Bertz CT molecular complexity index is 1220. The van der Waals surface area contributed by atoms with Crippen LogP contribution >= 0.6 is 0 Å². The van der Waals surface area contributed by atoms with Gasteiger partial charge < -0.3 is 14.8 Å². The standard InChI is InChI=1S/C24H23N5O3/c1-4-17-6-5-7-21(14-17)32-22-13-8-18(15-25-22)26-24(30)23-16(2)29(28-27-23)19-9-11-20(31-3)12-10-19/h5-15H,4H2,1-3H3,(H,26,30). The normalized spacial score (nSPS) is 10.6. The summed E-state index contributed by atoms with van der Waals surface area (Å²) < 4.78 is 12.6. The van der Waals surface area contributed by atoms with Crippen LogP contribution in [-0.2, 0) is 6.42 Å². The molecule has 2 aromatic carbocycles. The van der Waals surface area contributed by atoms with Crippen molar-refractivity contribution in [2.24, 2.45) is 0 Å². The summed E-state index contributed by atoms with van der Waals surface area (Å²) in [6.07, 6.45) is 2.47. The van der Waals surface area contributed by atoms with Crippen LogP contribution in [0.1, 0.15) is 28.7 Å². The first-order valence-corrected chi connectivity index (χ1v) is 10.2. The Morgan fingerprint density at radius 2 is 1.88 bits per heavy atom. The molecule has 0 spiro atoms. The Morgan fingerprint density at radius 1 is 1.06 bits per heavy atom. The van der Waals surface area contributed by atoms with Gasteiger partial charge in [-0.25, -0.2) is 9.67 Å². The SMILES string of the molecule is CCc1cccc(Oc2ccc(NC(=O)c3nnn(-c4ccc(OC)cc4)c3C)cn2)c1. The van der Waals surface area contributed by atoms with Crippen molar-refractivity contribution in [3.63, 3.8) is 0 Å². The van der Waals surface area contributed by atoms with Crippen molar-refractivity contribution in [2.45, 2.75) is 20.3 Å². The van der Waals surface area contributed by atoms with E-state index in [4.69, 9.17) is 9.47 Å². The van der Waals surface area contributed by atoms with Crippen LogP contribution in [0.15, 0.2) is 66.9 Å². The number of nitrogens with zero attached hydrogens (tertiary/aromatic N) is 4. The lowest BCUT2D eigenvalue weighted by Crippen LogP contribution is -2.14. The van der Waals surface area contributed by atoms with E-state index in [2.05, 4.69) is 27.5 Å². The smallest absolute Gasteiger partial charge is 0.278 e. The minimum Gasteiger partial charge on any atom is -0.497 e. The molecule has 4 rings (SSSR count). The molecule has 162 valence electrons. The highest BCUT2D eigenvalue weighted by molar-refractivity contribution is 6.03. The van der Waals surface area contributed by atoms with Gasteiger partial charge in [-0.1, -0.05) is 24.3 Å². The van der Waals surface area contributed by atoms with Crippen molar-refractivity contribution in [3.05, 3.63) is 83.8 Å². The Morgan fingerprint density at radius 3 is 2.56 bits per heavy atom. The third-order valence-corrected chi connectivity index (χ3v) is 4.95. The summed E-state index contributed by atoms with van der Waals surface area (Å²) in [5, 5.41) is 11.0. The zero-order chi connectivity index (χ0) is 22.5. The third-order valence-electron chi connectivity index (χ3n) is 4.95. The van der Waals surface area contributed by atoms with Crippen molar-refractivity contribution in [1.29, 1.82) is 0 Å². The molecule has 0 radical (unpaired) electrons. The van der Waals surface area contributed by atoms with Gasteiger partial charge in [-0.05, 0) is 61.4 Å². The highest BCUT2D eigenvalue weighted by Crippen LogP contribution is 2.22. The van der Waals surface area contributed by atoms with Gasteiger partial charge in [0.1, 0.15) is 11.5 Å². The molecule has 0 aliphatic rings. The number of benzene rings is 2. The summed E-state index contributed by atoms with van der Waals surface area (Å²) in [5.41, 5.74) is 3.35. The van der Waals surface area contributed by atoms with Crippen LogP contribution in [-0.4, -0.2) is 33.0 Å². The van der Waals surface area contributed by atoms with E-state index < -0.39 is 0 Å². The Balaban J connectivity index is 1.44. The molecular formula is C24H23N5O3. The van der Waals surface area contributed by atoms with Gasteiger partial charge in [0.25, 0.3) is 5.91 Å². The maximum Gasteiger partial charge on any atom is 0.278 e. The van der Waals surface area contributed by atoms with Crippen molar-refractivity contribution >= 4 is 11.6 Å². The number of anilines is 1. The third kappa shape index (κ3) is 4.59. The van der Waals surface area contributed by atoms with E-state index in [1.54, 1.807) is 37.0 Å². The molecule has 32 heavy (non-hydrogen) atoms. The lowest BCUT2D eigenvalue weighted by molar-refractivity contribution is 0.102. The molecule has 0 unspecified atom stereocenters. The second-order valence-electron chi connectivity index (χ2n) is 7.08. The van der Waals surface area contributed by atoms with Gasteiger partial charge in [0.2, 0.25) is 5.88 Å². The molecule has 8 nitrogen and oxygen atoms in total. The lowest BCUT2D eigenvalue weighted by atomic mass is 10.2.